The van der Waals surface area contributed by atoms with E-state index in [1.54, 1.807) is 0 Å². The summed E-state index contributed by atoms with van der Waals surface area (Å²) >= 11 is 0. The van der Waals surface area contributed by atoms with Crippen LogP contribution in [0.2, 0.25) is 0 Å². The molecule has 0 saturated heterocycles. The van der Waals surface area contributed by atoms with Gasteiger partial charge in [-0.15, -0.1) is 0 Å². The van der Waals surface area contributed by atoms with Gasteiger partial charge >= 0.3 is 49.3 Å². The van der Waals surface area contributed by atoms with E-state index in [4.69, 9.17) is 9.63 Å². The maximum atomic E-state index is 11.8. The molecule has 3 atom stereocenters. The molecule has 0 saturated carbocycles. The quantitative estimate of drug-likeness (QED) is 0.0956. The molecule has 0 amide bonds. The number of carbonyl (C=O) groups is 2. The number of phosphoric acid groups is 1. The van der Waals surface area contributed by atoms with Gasteiger partial charge in [0.2, 0.25) is 0 Å². The molecule has 12 heteroatoms. The fraction of sp³-hybridized carbons (Fsp3) is 0.818. The first-order chi connectivity index (χ1) is 15.7. The maximum Gasteiger partial charge on any atom is 1.00 e. The molecule has 0 aromatic rings. The molecule has 3 N–H and O–H groups in total. The molecule has 0 fully saturated rings. The SMILES string of the molecule is CCCCCCCCCCCCCCCC(=O)OCC(O)C1OC(=O)C(OP(=O)([O-])O)=C1O.[Na+]. The van der Waals surface area contributed by atoms with Crippen molar-refractivity contribution in [3.8, 4) is 0 Å². The van der Waals surface area contributed by atoms with E-state index in [1.807, 2.05) is 0 Å². The number of carbonyl (C=O) groups excluding carboxylic acids is 2. The predicted molar refractivity (Wildman–Crippen MR) is 118 cm³/mol. The van der Waals surface area contributed by atoms with E-state index in [1.165, 1.54) is 57.8 Å². The number of esters is 2. The van der Waals surface area contributed by atoms with Crippen molar-refractivity contribution in [2.45, 2.75) is 109 Å². The average Bonchev–Trinajstić information content (AvgIpc) is 3.02. The van der Waals surface area contributed by atoms with Gasteiger partial charge in [0.25, 0.3) is 5.76 Å². The average molecular weight is 517 g/mol. The Bertz CT molecular complexity index is 679. The molecule has 3 unspecified atom stereocenters. The van der Waals surface area contributed by atoms with E-state index in [0.717, 1.165) is 19.3 Å². The minimum Gasteiger partial charge on any atom is -0.746 e. The minimum absolute atomic E-state index is 0. The topological polar surface area (TPSA) is 163 Å². The summed E-state index contributed by atoms with van der Waals surface area (Å²) in [4.78, 5) is 42.7. The molecular weight excluding hydrogens is 478 g/mol. The van der Waals surface area contributed by atoms with Crippen molar-refractivity contribution in [2.75, 3.05) is 6.61 Å². The molecule has 0 aromatic carbocycles. The van der Waals surface area contributed by atoms with Crippen LogP contribution < -0.4 is 34.5 Å². The monoisotopic (exact) mass is 516 g/mol. The zero-order chi connectivity index (χ0) is 24.7. The van der Waals surface area contributed by atoms with Crippen molar-refractivity contribution >= 4 is 19.8 Å². The predicted octanol–water partition coefficient (Wildman–Crippen LogP) is 0.548. The Morgan fingerprint density at radius 3 is 1.97 bits per heavy atom. The standard InChI is InChI=1S/C22H39O10P.Na/c1-2-3-4-5-6-7-8-9-10-11-12-13-14-15-18(24)30-16-17(23)20-19(25)21(22(26)31-20)32-33(27,28)29;/h17,20,23,25H,2-16H2,1H3,(H2,27,28,29);/q;+1/p-1. The van der Waals surface area contributed by atoms with Crippen molar-refractivity contribution in [1.82, 2.24) is 0 Å². The molecule has 1 aliphatic heterocycles. The van der Waals surface area contributed by atoms with Gasteiger partial charge in [-0.1, -0.05) is 84.0 Å². The van der Waals surface area contributed by atoms with Gasteiger partial charge in [0.05, 0.1) is 0 Å². The number of phosphoric ester groups is 1. The Labute approximate surface area is 224 Å². The van der Waals surface area contributed by atoms with Gasteiger partial charge in [-0.05, 0) is 6.42 Å². The second kappa shape index (κ2) is 18.6. The molecule has 0 bridgehead atoms. The third kappa shape index (κ3) is 14.7. The van der Waals surface area contributed by atoms with Crippen molar-refractivity contribution in [2.24, 2.45) is 0 Å². The van der Waals surface area contributed by atoms with Crippen LogP contribution in [-0.4, -0.2) is 45.9 Å². The molecule has 0 aliphatic carbocycles. The third-order valence-electron chi connectivity index (χ3n) is 5.38. The molecule has 10 nitrogen and oxygen atoms in total. The fourth-order valence-corrected chi connectivity index (χ4v) is 3.94. The zero-order valence-electron chi connectivity index (χ0n) is 20.4. The number of cyclic esters (lactones) is 1. The zero-order valence-corrected chi connectivity index (χ0v) is 23.3. The first-order valence-corrected chi connectivity index (χ1v) is 13.4. The van der Waals surface area contributed by atoms with E-state index in [9.17, 15) is 29.3 Å². The largest absolute Gasteiger partial charge is 1.00 e. The number of hydrogen-bond donors (Lipinski definition) is 3. The van der Waals surface area contributed by atoms with Crippen LogP contribution in [0, 0.1) is 0 Å². The van der Waals surface area contributed by atoms with E-state index < -0.39 is 50.1 Å². The Hall–Kier alpha value is -0.610. The number of ether oxygens (including phenoxy) is 2. The Morgan fingerprint density at radius 1 is 1.03 bits per heavy atom. The van der Waals surface area contributed by atoms with Crippen LogP contribution in [0.25, 0.3) is 0 Å². The molecule has 0 spiro atoms. The maximum absolute atomic E-state index is 11.8. The van der Waals surface area contributed by atoms with Crippen molar-refractivity contribution < 1.29 is 77.7 Å². The van der Waals surface area contributed by atoms with Crippen LogP contribution in [0.3, 0.4) is 0 Å². The summed E-state index contributed by atoms with van der Waals surface area (Å²) in [5.74, 6) is -4.07. The molecule has 34 heavy (non-hydrogen) atoms. The van der Waals surface area contributed by atoms with Crippen LogP contribution in [0.5, 0.6) is 0 Å². The summed E-state index contributed by atoms with van der Waals surface area (Å²) in [6.07, 6.45) is 12.3. The van der Waals surface area contributed by atoms with Crippen LogP contribution in [-0.2, 0) is 28.2 Å². The summed E-state index contributed by atoms with van der Waals surface area (Å²) in [6.45, 7) is 1.65. The molecule has 1 aliphatic rings. The number of rotatable bonds is 19. The molecule has 1 heterocycles. The smallest absolute Gasteiger partial charge is 0.746 e. The molecule has 1 rings (SSSR count). The van der Waals surface area contributed by atoms with Crippen LogP contribution >= 0.6 is 7.82 Å². The van der Waals surface area contributed by atoms with Crippen molar-refractivity contribution in [1.29, 1.82) is 0 Å². The summed E-state index contributed by atoms with van der Waals surface area (Å²) in [5.41, 5.74) is 0. The minimum atomic E-state index is -5.35. The van der Waals surface area contributed by atoms with Gasteiger partial charge in [0.15, 0.2) is 11.9 Å². The Morgan fingerprint density at radius 2 is 1.50 bits per heavy atom. The van der Waals surface area contributed by atoms with Crippen molar-refractivity contribution in [3.05, 3.63) is 11.5 Å². The fourth-order valence-electron chi connectivity index (χ4n) is 3.54. The van der Waals surface area contributed by atoms with Gasteiger partial charge in [0, 0.05) is 6.42 Å². The van der Waals surface area contributed by atoms with E-state index in [-0.39, 0.29) is 36.0 Å². The summed E-state index contributed by atoms with van der Waals surface area (Å²) in [5, 5.41) is 19.8. The first-order valence-electron chi connectivity index (χ1n) is 11.9. The van der Waals surface area contributed by atoms with Crippen LogP contribution in [0.1, 0.15) is 96.8 Å². The normalized spacial score (nSPS) is 18.1. The Kier molecular flexibility index (Phi) is 18.3. The number of hydrogen-bond acceptors (Lipinski definition) is 9. The van der Waals surface area contributed by atoms with Gasteiger partial charge in [-0.25, -0.2) is 4.79 Å². The Balaban J connectivity index is 0.0000109. The van der Waals surface area contributed by atoms with E-state index >= 15 is 0 Å². The number of unbranched alkanes of at least 4 members (excludes halogenated alkanes) is 12. The summed E-state index contributed by atoms with van der Waals surface area (Å²) < 4.78 is 24.2. The molecule has 0 aromatic heterocycles. The summed E-state index contributed by atoms with van der Waals surface area (Å²) in [7, 11) is -5.35. The number of aliphatic hydroxyl groups is 2. The van der Waals surface area contributed by atoms with Gasteiger partial charge in [-0.2, -0.15) is 0 Å². The van der Waals surface area contributed by atoms with E-state index in [2.05, 4.69) is 16.2 Å². The van der Waals surface area contributed by atoms with E-state index in [0.29, 0.717) is 6.42 Å². The van der Waals surface area contributed by atoms with Crippen LogP contribution in [0.4, 0.5) is 0 Å². The summed E-state index contributed by atoms with van der Waals surface area (Å²) in [6, 6.07) is 0. The number of aliphatic hydroxyl groups excluding tert-OH is 2. The molecule has 192 valence electrons. The second-order valence-corrected chi connectivity index (χ2v) is 9.46. The third-order valence-corrected chi connectivity index (χ3v) is 5.79. The van der Waals surface area contributed by atoms with Crippen molar-refractivity contribution in [3.63, 3.8) is 0 Å². The molecular formula is C22H38NaO10P. The van der Waals surface area contributed by atoms with Gasteiger partial charge < -0.3 is 34.0 Å². The second-order valence-electron chi connectivity index (χ2n) is 8.34. The first kappa shape index (κ1) is 33.4. The van der Waals surface area contributed by atoms with Gasteiger partial charge in [-0.3, -0.25) is 9.36 Å². The van der Waals surface area contributed by atoms with Gasteiger partial charge in [0.1, 0.15) is 12.7 Å². The van der Waals surface area contributed by atoms with Crippen LogP contribution in [0.15, 0.2) is 11.5 Å². The molecule has 0 radical (unpaired) electrons.